The van der Waals surface area contributed by atoms with Gasteiger partial charge in [-0.05, 0) is 45.7 Å². The van der Waals surface area contributed by atoms with Crippen molar-refractivity contribution in [3.8, 4) is 0 Å². The Hall–Kier alpha value is -0.130. The number of halogens is 2. The maximum atomic E-state index is 10.7. The SMILES string of the molecule is O=Cc1cc2c(CCl)ccc(I)c2s1. The fourth-order valence-electron chi connectivity index (χ4n) is 1.34. The van der Waals surface area contributed by atoms with Crippen LogP contribution in [-0.4, -0.2) is 6.29 Å². The Bertz CT molecular complexity index is 492. The molecule has 1 aromatic heterocycles. The second-order valence-electron chi connectivity index (χ2n) is 2.85. The Labute approximate surface area is 104 Å². The van der Waals surface area contributed by atoms with E-state index in [-0.39, 0.29) is 0 Å². The number of thiophene rings is 1. The summed E-state index contributed by atoms with van der Waals surface area (Å²) in [5, 5.41) is 1.11. The zero-order valence-corrected chi connectivity index (χ0v) is 10.8. The molecule has 1 aromatic carbocycles. The molecule has 0 amide bonds. The Morgan fingerprint density at radius 2 is 2.29 bits per heavy atom. The maximum Gasteiger partial charge on any atom is 0.160 e. The highest BCUT2D eigenvalue weighted by Crippen LogP contribution is 2.32. The normalized spacial score (nSPS) is 10.7. The number of benzene rings is 1. The van der Waals surface area contributed by atoms with E-state index in [9.17, 15) is 4.79 Å². The molecule has 1 heterocycles. The molecule has 2 aromatic rings. The number of alkyl halides is 1. The average molecular weight is 337 g/mol. The van der Waals surface area contributed by atoms with Crippen molar-refractivity contribution in [3.05, 3.63) is 32.2 Å². The van der Waals surface area contributed by atoms with E-state index in [1.807, 2.05) is 18.2 Å². The predicted octanol–water partition coefficient (Wildman–Crippen LogP) is 4.06. The minimum atomic E-state index is 0.489. The van der Waals surface area contributed by atoms with Crippen molar-refractivity contribution in [2.75, 3.05) is 0 Å². The summed E-state index contributed by atoms with van der Waals surface area (Å²) in [6, 6.07) is 5.96. The summed E-state index contributed by atoms with van der Waals surface area (Å²) >= 11 is 9.62. The lowest BCUT2D eigenvalue weighted by molar-refractivity contribution is 0.112. The Morgan fingerprint density at radius 1 is 1.50 bits per heavy atom. The second kappa shape index (κ2) is 4.16. The minimum absolute atomic E-state index is 0.489. The monoisotopic (exact) mass is 336 g/mol. The molecule has 0 atom stereocenters. The van der Waals surface area contributed by atoms with Gasteiger partial charge in [-0.3, -0.25) is 4.79 Å². The van der Waals surface area contributed by atoms with E-state index in [1.54, 1.807) is 0 Å². The molecule has 72 valence electrons. The van der Waals surface area contributed by atoms with Gasteiger partial charge < -0.3 is 0 Å². The molecule has 0 radical (unpaired) electrons. The fourth-order valence-corrected chi connectivity index (χ4v) is 3.30. The first-order valence-electron chi connectivity index (χ1n) is 3.98. The lowest BCUT2D eigenvalue weighted by Gasteiger charge is -1.99. The van der Waals surface area contributed by atoms with E-state index in [4.69, 9.17) is 11.6 Å². The van der Waals surface area contributed by atoms with Crippen LogP contribution in [0, 0.1) is 3.57 Å². The molecule has 0 aliphatic rings. The van der Waals surface area contributed by atoms with Gasteiger partial charge in [-0.25, -0.2) is 0 Å². The van der Waals surface area contributed by atoms with Gasteiger partial charge in [0.05, 0.1) is 4.88 Å². The molecule has 0 bridgehead atoms. The molecule has 0 aliphatic heterocycles. The number of rotatable bonds is 2. The second-order valence-corrected chi connectivity index (χ2v) is 5.36. The van der Waals surface area contributed by atoms with Gasteiger partial charge in [-0.1, -0.05) is 6.07 Å². The van der Waals surface area contributed by atoms with E-state index in [1.165, 1.54) is 14.9 Å². The summed E-state index contributed by atoms with van der Waals surface area (Å²) < 4.78 is 2.33. The van der Waals surface area contributed by atoms with E-state index < -0.39 is 0 Å². The topological polar surface area (TPSA) is 17.1 Å². The molecule has 0 saturated heterocycles. The molecule has 0 fully saturated rings. The number of aldehydes is 1. The Morgan fingerprint density at radius 3 is 2.93 bits per heavy atom. The highest BCUT2D eigenvalue weighted by molar-refractivity contribution is 14.1. The summed E-state index contributed by atoms with van der Waals surface area (Å²) in [5.74, 6) is 0.489. The first-order chi connectivity index (χ1) is 6.76. The van der Waals surface area contributed by atoms with E-state index in [0.717, 1.165) is 26.8 Å². The van der Waals surface area contributed by atoms with Gasteiger partial charge in [0.2, 0.25) is 0 Å². The summed E-state index contributed by atoms with van der Waals surface area (Å²) in [6.45, 7) is 0. The summed E-state index contributed by atoms with van der Waals surface area (Å²) in [6.07, 6.45) is 0.888. The number of carbonyl (C=O) groups is 1. The quantitative estimate of drug-likeness (QED) is 0.459. The highest BCUT2D eigenvalue weighted by Gasteiger charge is 2.08. The number of fused-ring (bicyclic) bond motifs is 1. The molecule has 0 aliphatic carbocycles. The van der Waals surface area contributed by atoms with Crippen molar-refractivity contribution in [2.24, 2.45) is 0 Å². The van der Waals surface area contributed by atoms with Crippen LogP contribution < -0.4 is 0 Å². The van der Waals surface area contributed by atoms with Crippen LogP contribution in [0.2, 0.25) is 0 Å². The van der Waals surface area contributed by atoms with Crippen molar-refractivity contribution in [2.45, 2.75) is 5.88 Å². The lowest BCUT2D eigenvalue weighted by Crippen LogP contribution is -1.80. The standard InChI is InChI=1S/C10H6ClIOS/c11-4-6-1-2-9(12)10-8(6)3-7(5-13)14-10/h1-3,5H,4H2. The van der Waals surface area contributed by atoms with Gasteiger partial charge >= 0.3 is 0 Å². The first kappa shape index (κ1) is 10.4. The molecule has 4 heteroatoms. The van der Waals surface area contributed by atoms with Crippen LogP contribution in [0.15, 0.2) is 18.2 Å². The van der Waals surface area contributed by atoms with Crippen LogP contribution in [-0.2, 0) is 5.88 Å². The van der Waals surface area contributed by atoms with Gasteiger partial charge in [-0.2, -0.15) is 0 Å². The third-order valence-electron chi connectivity index (χ3n) is 2.00. The zero-order chi connectivity index (χ0) is 10.1. The van der Waals surface area contributed by atoms with Crippen LogP contribution in [0.3, 0.4) is 0 Å². The average Bonchev–Trinajstić information content (AvgIpc) is 2.63. The lowest BCUT2D eigenvalue weighted by atomic mass is 10.1. The zero-order valence-electron chi connectivity index (χ0n) is 7.09. The molecular weight excluding hydrogens is 331 g/mol. The number of hydrogen-bond donors (Lipinski definition) is 0. The molecular formula is C10H6ClIOS. The molecule has 14 heavy (non-hydrogen) atoms. The Kier molecular flexibility index (Phi) is 3.09. The summed E-state index contributed by atoms with van der Waals surface area (Å²) in [4.78, 5) is 11.4. The fraction of sp³-hybridized carbons (Fsp3) is 0.100. The predicted molar refractivity (Wildman–Crippen MR) is 69.5 cm³/mol. The van der Waals surface area contributed by atoms with Crippen LogP contribution in [0.25, 0.3) is 10.1 Å². The molecule has 0 spiro atoms. The van der Waals surface area contributed by atoms with Crippen molar-refractivity contribution >= 4 is 61.9 Å². The van der Waals surface area contributed by atoms with E-state index in [2.05, 4.69) is 22.6 Å². The molecule has 0 saturated carbocycles. The van der Waals surface area contributed by atoms with Gasteiger partial charge in [0, 0.05) is 14.2 Å². The molecule has 0 N–H and O–H groups in total. The van der Waals surface area contributed by atoms with Crippen molar-refractivity contribution in [3.63, 3.8) is 0 Å². The smallest absolute Gasteiger partial charge is 0.160 e. The van der Waals surface area contributed by atoms with Crippen LogP contribution in [0.1, 0.15) is 15.2 Å². The van der Waals surface area contributed by atoms with Crippen molar-refractivity contribution in [1.29, 1.82) is 0 Å². The van der Waals surface area contributed by atoms with Gasteiger partial charge in [0.1, 0.15) is 0 Å². The summed E-state index contributed by atoms with van der Waals surface area (Å²) in [5.41, 5.74) is 1.09. The molecule has 1 nitrogen and oxygen atoms in total. The first-order valence-corrected chi connectivity index (χ1v) is 6.41. The minimum Gasteiger partial charge on any atom is -0.297 e. The number of hydrogen-bond acceptors (Lipinski definition) is 2. The van der Waals surface area contributed by atoms with Crippen LogP contribution in [0.5, 0.6) is 0 Å². The van der Waals surface area contributed by atoms with Crippen LogP contribution in [0.4, 0.5) is 0 Å². The largest absolute Gasteiger partial charge is 0.297 e. The molecule has 2 rings (SSSR count). The molecule has 0 unspecified atom stereocenters. The number of carbonyl (C=O) groups excluding carboxylic acids is 1. The van der Waals surface area contributed by atoms with Crippen molar-refractivity contribution in [1.82, 2.24) is 0 Å². The van der Waals surface area contributed by atoms with Crippen LogP contribution >= 0.6 is 45.5 Å². The third-order valence-corrected chi connectivity index (χ3v) is 4.65. The van der Waals surface area contributed by atoms with Crippen molar-refractivity contribution < 1.29 is 4.79 Å². The van der Waals surface area contributed by atoms with Gasteiger partial charge in [0.15, 0.2) is 6.29 Å². The van der Waals surface area contributed by atoms with Gasteiger partial charge in [-0.15, -0.1) is 22.9 Å². The third kappa shape index (κ3) is 1.68. The van der Waals surface area contributed by atoms with E-state index in [0.29, 0.717) is 5.88 Å². The van der Waals surface area contributed by atoms with Gasteiger partial charge in [0.25, 0.3) is 0 Å². The van der Waals surface area contributed by atoms with E-state index >= 15 is 0 Å². The summed E-state index contributed by atoms with van der Waals surface area (Å²) in [7, 11) is 0. The maximum absolute atomic E-state index is 10.7. The Balaban J connectivity index is 2.81. The highest BCUT2D eigenvalue weighted by atomic mass is 127.